The molecule has 4 rings (SSSR count). The Morgan fingerprint density at radius 1 is 1.44 bits per heavy atom. The van der Waals surface area contributed by atoms with Gasteiger partial charge in [-0.3, -0.25) is 4.79 Å². The molecule has 4 heterocycles. The Morgan fingerprint density at radius 2 is 2.24 bits per heavy atom. The SMILES string of the molecule is Cc1ccsc1C(=O)N1CC2(CC[C@@H](CNc3ncccn3)CO2)C1. The first-order valence-electron chi connectivity index (χ1n) is 8.63. The number of hydrogen-bond donors (Lipinski definition) is 1. The molecular formula is C18H22N4O2S. The van der Waals surface area contributed by atoms with Crippen LogP contribution in [0.25, 0.3) is 0 Å². The van der Waals surface area contributed by atoms with Gasteiger partial charge >= 0.3 is 0 Å². The Balaban J connectivity index is 1.24. The zero-order valence-corrected chi connectivity index (χ0v) is 15.1. The molecule has 2 saturated heterocycles. The minimum Gasteiger partial charge on any atom is -0.371 e. The quantitative estimate of drug-likeness (QED) is 0.910. The topological polar surface area (TPSA) is 67.4 Å². The molecule has 0 aliphatic carbocycles. The third kappa shape index (κ3) is 3.39. The summed E-state index contributed by atoms with van der Waals surface area (Å²) in [7, 11) is 0. The fraction of sp³-hybridized carbons (Fsp3) is 0.500. The van der Waals surface area contributed by atoms with Crippen LogP contribution in [0, 0.1) is 12.8 Å². The molecule has 1 amide bonds. The van der Waals surface area contributed by atoms with Gasteiger partial charge in [0, 0.05) is 18.9 Å². The maximum atomic E-state index is 12.5. The minimum atomic E-state index is -0.124. The van der Waals surface area contributed by atoms with Gasteiger partial charge in [0.1, 0.15) is 5.60 Å². The average Bonchev–Trinajstić information content (AvgIpc) is 3.05. The Morgan fingerprint density at radius 3 is 2.88 bits per heavy atom. The van der Waals surface area contributed by atoms with Gasteiger partial charge in [-0.1, -0.05) is 0 Å². The molecule has 2 aromatic rings. The summed E-state index contributed by atoms with van der Waals surface area (Å²) in [6, 6.07) is 3.80. The number of likely N-dealkylation sites (tertiary alicyclic amines) is 1. The van der Waals surface area contributed by atoms with Crippen molar-refractivity contribution in [1.29, 1.82) is 0 Å². The van der Waals surface area contributed by atoms with E-state index in [1.807, 2.05) is 23.3 Å². The molecule has 25 heavy (non-hydrogen) atoms. The van der Waals surface area contributed by atoms with Crippen LogP contribution in [0.1, 0.15) is 28.1 Å². The summed E-state index contributed by atoms with van der Waals surface area (Å²) in [5.74, 6) is 1.26. The smallest absolute Gasteiger partial charge is 0.264 e. The molecule has 1 spiro atoms. The van der Waals surface area contributed by atoms with Crippen LogP contribution in [0.4, 0.5) is 5.95 Å². The van der Waals surface area contributed by atoms with Gasteiger partial charge in [0.2, 0.25) is 5.95 Å². The highest BCUT2D eigenvalue weighted by Gasteiger charge is 2.48. The Hall–Kier alpha value is -1.99. The molecule has 0 bridgehead atoms. The van der Waals surface area contributed by atoms with Crippen molar-refractivity contribution in [2.24, 2.45) is 5.92 Å². The van der Waals surface area contributed by atoms with Crippen molar-refractivity contribution in [2.75, 3.05) is 31.6 Å². The van der Waals surface area contributed by atoms with Crippen molar-refractivity contribution >= 4 is 23.2 Å². The molecule has 132 valence electrons. The summed E-state index contributed by atoms with van der Waals surface area (Å²) in [6.07, 6.45) is 5.57. The van der Waals surface area contributed by atoms with Crippen molar-refractivity contribution < 1.29 is 9.53 Å². The lowest BCUT2D eigenvalue weighted by Crippen LogP contribution is -2.66. The number of ether oxygens (including phenoxy) is 1. The number of aromatic nitrogens is 2. The normalized spacial score (nSPS) is 21.8. The fourth-order valence-corrected chi connectivity index (χ4v) is 4.37. The lowest BCUT2D eigenvalue weighted by atomic mass is 9.82. The molecule has 2 aliphatic heterocycles. The molecule has 6 nitrogen and oxygen atoms in total. The summed E-state index contributed by atoms with van der Waals surface area (Å²) in [5, 5.41) is 5.24. The Bertz CT molecular complexity index is 733. The van der Waals surface area contributed by atoms with Gasteiger partial charge in [0.25, 0.3) is 5.91 Å². The molecule has 0 radical (unpaired) electrons. The van der Waals surface area contributed by atoms with E-state index in [1.165, 1.54) is 11.3 Å². The van der Waals surface area contributed by atoms with Gasteiger partial charge in [0.05, 0.1) is 24.6 Å². The predicted octanol–water partition coefficient (Wildman–Crippen LogP) is 2.58. The fourth-order valence-electron chi connectivity index (χ4n) is 3.48. The van der Waals surface area contributed by atoms with Crippen LogP contribution in [0.2, 0.25) is 0 Å². The number of nitrogens with one attached hydrogen (secondary N) is 1. The average molecular weight is 358 g/mol. The second-order valence-corrected chi connectivity index (χ2v) is 7.86. The number of thiophene rings is 1. The number of aryl methyl sites for hydroxylation is 1. The first-order valence-corrected chi connectivity index (χ1v) is 9.51. The number of amides is 1. The van der Waals surface area contributed by atoms with E-state index in [2.05, 4.69) is 15.3 Å². The van der Waals surface area contributed by atoms with Crippen molar-refractivity contribution in [1.82, 2.24) is 14.9 Å². The van der Waals surface area contributed by atoms with Crippen molar-refractivity contribution in [2.45, 2.75) is 25.4 Å². The second kappa shape index (κ2) is 6.72. The number of carbonyl (C=O) groups is 1. The summed E-state index contributed by atoms with van der Waals surface area (Å²) in [4.78, 5) is 23.6. The molecule has 2 aromatic heterocycles. The van der Waals surface area contributed by atoms with Crippen LogP contribution in [0.15, 0.2) is 29.9 Å². The van der Waals surface area contributed by atoms with Gasteiger partial charge in [-0.15, -0.1) is 11.3 Å². The van der Waals surface area contributed by atoms with Gasteiger partial charge < -0.3 is 15.0 Å². The first-order chi connectivity index (χ1) is 12.2. The van der Waals surface area contributed by atoms with E-state index in [1.54, 1.807) is 18.5 Å². The molecule has 1 N–H and O–H groups in total. The highest BCUT2D eigenvalue weighted by atomic mass is 32.1. The molecule has 0 unspecified atom stereocenters. The number of carbonyl (C=O) groups excluding carboxylic acids is 1. The van der Waals surface area contributed by atoms with E-state index >= 15 is 0 Å². The van der Waals surface area contributed by atoms with Gasteiger partial charge in [-0.05, 0) is 48.8 Å². The molecule has 2 aliphatic rings. The highest BCUT2D eigenvalue weighted by Crippen LogP contribution is 2.37. The largest absolute Gasteiger partial charge is 0.371 e. The number of rotatable bonds is 4. The lowest BCUT2D eigenvalue weighted by Gasteiger charge is -2.52. The molecule has 0 aromatic carbocycles. The minimum absolute atomic E-state index is 0.124. The van der Waals surface area contributed by atoms with Gasteiger partial charge in [-0.2, -0.15) is 0 Å². The lowest BCUT2D eigenvalue weighted by molar-refractivity contribution is -0.165. The van der Waals surface area contributed by atoms with Crippen molar-refractivity contribution in [3.8, 4) is 0 Å². The summed E-state index contributed by atoms with van der Waals surface area (Å²) in [5.41, 5.74) is 0.940. The maximum Gasteiger partial charge on any atom is 0.264 e. The van der Waals surface area contributed by atoms with Crippen molar-refractivity contribution in [3.05, 3.63) is 40.3 Å². The van der Waals surface area contributed by atoms with Crippen LogP contribution >= 0.6 is 11.3 Å². The summed E-state index contributed by atoms with van der Waals surface area (Å²) >= 11 is 1.52. The summed E-state index contributed by atoms with van der Waals surface area (Å²) in [6.45, 7) is 4.96. The third-order valence-corrected chi connectivity index (χ3v) is 6.05. The molecular weight excluding hydrogens is 336 g/mol. The second-order valence-electron chi connectivity index (χ2n) is 6.95. The molecule has 2 fully saturated rings. The van der Waals surface area contributed by atoms with Crippen LogP contribution in [0.5, 0.6) is 0 Å². The van der Waals surface area contributed by atoms with Gasteiger partial charge in [-0.25, -0.2) is 9.97 Å². The van der Waals surface area contributed by atoms with E-state index in [0.29, 0.717) is 25.0 Å². The Kier molecular flexibility index (Phi) is 4.43. The van der Waals surface area contributed by atoms with Crippen LogP contribution in [-0.2, 0) is 4.74 Å². The standard InChI is InChI=1S/C18H22N4O2S/c1-13-4-8-25-15(13)16(23)22-11-18(12-22)5-3-14(10-24-18)9-21-17-19-6-2-7-20-17/h2,4,6-8,14H,3,5,9-12H2,1H3,(H,19,20,21)/t14-/m0/s1. The number of anilines is 1. The monoisotopic (exact) mass is 358 g/mol. The van der Waals surface area contributed by atoms with E-state index in [-0.39, 0.29) is 11.5 Å². The number of nitrogens with zero attached hydrogens (tertiary/aromatic N) is 3. The zero-order chi connectivity index (χ0) is 17.3. The van der Waals surface area contributed by atoms with E-state index in [0.717, 1.165) is 36.4 Å². The maximum absolute atomic E-state index is 12.5. The first kappa shape index (κ1) is 16.5. The summed E-state index contributed by atoms with van der Waals surface area (Å²) < 4.78 is 6.16. The van der Waals surface area contributed by atoms with Gasteiger partial charge in [0.15, 0.2) is 0 Å². The van der Waals surface area contributed by atoms with Crippen LogP contribution < -0.4 is 5.32 Å². The van der Waals surface area contributed by atoms with Crippen LogP contribution in [-0.4, -0.2) is 52.6 Å². The number of hydrogen-bond acceptors (Lipinski definition) is 6. The molecule has 7 heteroatoms. The van der Waals surface area contributed by atoms with E-state index in [9.17, 15) is 4.79 Å². The van der Waals surface area contributed by atoms with Crippen LogP contribution in [0.3, 0.4) is 0 Å². The van der Waals surface area contributed by atoms with E-state index < -0.39 is 0 Å². The zero-order valence-electron chi connectivity index (χ0n) is 14.3. The predicted molar refractivity (Wildman–Crippen MR) is 96.9 cm³/mol. The molecule has 1 atom stereocenters. The van der Waals surface area contributed by atoms with E-state index in [4.69, 9.17) is 4.74 Å². The Labute approximate surface area is 151 Å². The third-order valence-electron chi connectivity index (χ3n) is 5.05. The highest BCUT2D eigenvalue weighted by molar-refractivity contribution is 7.12. The van der Waals surface area contributed by atoms with Crippen molar-refractivity contribution in [3.63, 3.8) is 0 Å². The molecule has 0 saturated carbocycles.